The first-order valence-electron chi connectivity index (χ1n) is 9.56. The van der Waals surface area contributed by atoms with Gasteiger partial charge in [0.2, 0.25) is 0 Å². The van der Waals surface area contributed by atoms with Crippen LogP contribution >= 0.6 is 22.7 Å². The lowest BCUT2D eigenvalue weighted by molar-refractivity contribution is 0.604. The minimum atomic E-state index is -0.0315. The summed E-state index contributed by atoms with van der Waals surface area (Å²) in [5.74, 6) is 0. The average molecular weight is 410 g/mol. The lowest BCUT2D eigenvalue weighted by atomic mass is 10.0. The zero-order valence-electron chi connectivity index (χ0n) is 15.8. The molecule has 0 spiro atoms. The first-order chi connectivity index (χ1) is 13.7. The normalized spacial score (nSPS) is 12.5. The minimum absolute atomic E-state index is 0.0315. The molecule has 4 rings (SSSR count). The number of thiazole rings is 1. The maximum atomic E-state index is 12.2. The fraction of sp³-hybridized carbons (Fsp3) is 0.273. The molecule has 4 aromatic rings. The number of fused-ring (bicyclic) bond motifs is 1. The first kappa shape index (κ1) is 19.1. The van der Waals surface area contributed by atoms with E-state index in [2.05, 4.69) is 59.0 Å². The van der Waals surface area contributed by atoms with Gasteiger partial charge in [-0.15, -0.1) is 22.7 Å². The molecular formula is C22H23N3OS2. The average Bonchev–Trinajstić information content (AvgIpc) is 3.40. The summed E-state index contributed by atoms with van der Waals surface area (Å²) in [7, 11) is 0. The predicted octanol–water partition coefficient (Wildman–Crippen LogP) is 5.04. The number of thiophene rings is 1. The van der Waals surface area contributed by atoms with Crippen molar-refractivity contribution in [1.29, 1.82) is 0 Å². The second-order valence-corrected chi connectivity index (χ2v) is 8.67. The van der Waals surface area contributed by atoms with Gasteiger partial charge in [0.05, 0.1) is 11.7 Å². The molecule has 0 saturated heterocycles. The summed E-state index contributed by atoms with van der Waals surface area (Å²) in [4.78, 5) is 18.8. The maximum Gasteiger partial charge on any atom is 0.258 e. The molecule has 1 aromatic carbocycles. The smallest absolute Gasteiger partial charge is 0.258 e. The molecule has 4 nitrogen and oxygen atoms in total. The van der Waals surface area contributed by atoms with E-state index in [4.69, 9.17) is 0 Å². The molecule has 6 heteroatoms. The Balaban J connectivity index is 1.55. The van der Waals surface area contributed by atoms with E-state index in [9.17, 15) is 4.79 Å². The zero-order chi connectivity index (χ0) is 19.3. The van der Waals surface area contributed by atoms with Crippen LogP contribution in [0.15, 0.2) is 64.2 Å². The van der Waals surface area contributed by atoms with Crippen LogP contribution in [0.25, 0.3) is 4.96 Å². The fourth-order valence-corrected chi connectivity index (χ4v) is 4.85. The van der Waals surface area contributed by atoms with Crippen molar-refractivity contribution in [3.63, 3.8) is 0 Å². The third-order valence-corrected chi connectivity index (χ3v) is 6.50. The summed E-state index contributed by atoms with van der Waals surface area (Å²) >= 11 is 3.22. The van der Waals surface area contributed by atoms with Crippen molar-refractivity contribution in [2.75, 3.05) is 0 Å². The molecule has 0 fully saturated rings. The standard InChI is InChI=1S/C22H23N3OS2/c1-2-3-5-16-7-9-17(10-8-16)21(19-6-4-12-27-19)23-15-18-14-20(26)25-11-13-28-22(25)24-18/h4,6-14,21,23H,2-3,5,15H2,1H3/t21-/m1/s1. The number of hydrogen-bond donors (Lipinski definition) is 1. The van der Waals surface area contributed by atoms with Crippen molar-refractivity contribution in [1.82, 2.24) is 14.7 Å². The Kier molecular flexibility index (Phi) is 6.00. The number of benzene rings is 1. The molecule has 28 heavy (non-hydrogen) atoms. The molecule has 144 valence electrons. The number of aryl methyl sites for hydroxylation is 1. The largest absolute Gasteiger partial charge is 0.300 e. The van der Waals surface area contributed by atoms with Gasteiger partial charge in [-0.1, -0.05) is 43.7 Å². The monoisotopic (exact) mass is 409 g/mol. The van der Waals surface area contributed by atoms with Crippen LogP contribution in [0.4, 0.5) is 0 Å². The van der Waals surface area contributed by atoms with E-state index >= 15 is 0 Å². The number of unbranched alkanes of at least 4 members (excludes halogenated alkanes) is 1. The highest BCUT2D eigenvalue weighted by atomic mass is 32.1. The Labute approximate surface area is 172 Å². The van der Waals surface area contributed by atoms with E-state index in [1.807, 2.05) is 5.38 Å². The summed E-state index contributed by atoms with van der Waals surface area (Å²) in [6, 6.07) is 14.8. The van der Waals surface area contributed by atoms with Crippen LogP contribution in [0.1, 0.15) is 47.5 Å². The molecule has 1 atom stereocenters. The Morgan fingerprint density at radius 2 is 2.00 bits per heavy atom. The summed E-state index contributed by atoms with van der Waals surface area (Å²) < 4.78 is 1.58. The maximum absolute atomic E-state index is 12.2. The Morgan fingerprint density at radius 3 is 2.75 bits per heavy atom. The molecule has 0 aliphatic rings. The first-order valence-corrected chi connectivity index (χ1v) is 11.3. The molecule has 0 radical (unpaired) electrons. The lowest BCUT2D eigenvalue weighted by Gasteiger charge is -2.18. The van der Waals surface area contributed by atoms with Gasteiger partial charge in [0, 0.05) is 29.1 Å². The Bertz CT molecular complexity index is 1080. The molecule has 0 saturated carbocycles. The highest BCUT2D eigenvalue weighted by Crippen LogP contribution is 2.27. The van der Waals surface area contributed by atoms with E-state index in [1.165, 1.54) is 40.2 Å². The molecule has 0 aliphatic carbocycles. The van der Waals surface area contributed by atoms with Crippen molar-refractivity contribution in [3.8, 4) is 0 Å². The van der Waals surface area contributed by atoms with E-state index < -0.39 is 0 Å². The highest BCUT2D eigenvalue weighted by Gasteiger charge is 2.15. The van der Waals surface area contributed by atoms with Crippen molar-refractivity contribution in [3.05, 3.63) is 91.5 Å². The highest BCUT2D eigenvalue weighted by molar-refractivity contribution is 7.15. The van der Waals surface area contributed by atoms with Crippen LogP contribution in [0.5, 0.6) is 0 Å². The third kappa shape index (κ3) is 4.24. The Hall–Kier alpha value is -2.28. The molecular weight excluding hydrogens is 386 g/mol. The van der Waals surface area contributed by atoms with E-state index in [0.717, 1.165) is 17.1 Å². The van der Waals surface area contributed by atoms with Gasteiger partial charge in [0.25, 0.3) is 5.56 Å². The number of aromatic nitrogens is 2. The summed E-state index contributed by atoms with van der Waals surface area (Å²) in [5, 5.41) is 7.59. The molecule has 3 heterocycles. The molecule has 0 bridgehead atoms. The van der Waals surface area contributed by atoms with Gasteiger partial charge in [0.15, 0.2) is 4.96 Å². The van der Waals surface area contributed by atoms with Gasteiger partial charge >= 0.3 is 0 Å². The summed E-state index contributed by atoms with van der Waals surface area (Å²) in [6.07, 6.45) is 5.32. The second kappa shape index (κ2) is 8.82. The fourth-order valence-electron chi connectivity index (χ4n) is 3.28. The van der Waals surface area contributed by atoms with Crippen molar-refractivity contribution in [2.24, 2.45) is 0 Å². The number of nitrogens with one attached hydrogen (secondary N) is 1. The van der Waals surface area contributed by atoms with Crippen LogP contribution in [0, 0.1) is 0 Å². The quantitative estimate of drug-likeness (QED) is 0.443. The van der Waals surface area contributed by atoms with Gasteiger partial charge in [-0.05, 0) is 35.4 Å². The van der Waals surface area contributed by atoms with Gasteiger partial charge in [-0.2, -0.15) is 0 Å². The van der Waals surface area contributed by atoms with Crippen molar-refractivity contribution < 1.29 is 0 Å². The lowest BCUT2D eigenvalue weighted by Crippen LogP contribution is -2.23. The van der Waals surface area contributed by atoms with Gasteiger partial charge < -0.3 is 0 Å². The van der Waals surface area contributed by atoms with Gasteiger partial charge in [0.1, 0.15) is 0 Å². The predicted molar refractivity (Wildman–Crippen MR) is 117 cm³/mol. The number of nitrogens with zero attached hydrogens (tertiary/aromatic N) is 2. The van der Waals surface area contributed by atoms with Crippen molar-refractivity contribution >= 4 is 27.6 Å². The van der Waals surface area contributed by atoms with Crippen LogP contribution in [0.2, 0.25) is 0 Å². The van der Waals surface area contributed by atoms with Crippen LogP contribution in [-0.2, 0) is 13.0 Å². The third-order valence-electron chi connectivity index (χ3n) is 4.80. The van der Waals surface area contributed by atoms with E-state index in [0.29, 0.717) is 6.54 Å². The number of rotatable bonds is 8. The van der Waals surface area contributed by atoms with E-state index in [1.54, 1.807) is 28.0 Å². The Morgan fingerprint density at radius 1 is 1.14 bits per heavy atom. The number of hydrogen-bond acceptors (Lipinski definition) is 5. The summed E-state index contributed by atoms with van der Waals surface area (Å²) in [5.41, 5.74) is 3.36. The van der Waals surface area contributed by atoms with Crippen molar-refractivity contribution in [2.45, 2.75) is 38.8 Å². The molecule has 0 amide bonds. The SMILES string of the molecule is CCCCc1ccc([C@@H](NCc2cc(=O)n3ccsc3n2)c2cccs2)cc1. The molecule has 0 aliphatic heterocycles. The van der Waals surface area contributed by atoms with Crippen LogP contribution < -0.4 is 10.9 Å². The van der Waals surface area contributed by atoms with E-state index in [-0.39, 0.29) is 11.6 Å². The minimum Gasteiger partial charge on any atom is -0.300 e. The molecule has 0 unspecified atom stereocenters. The van der Waals surface area contributed by atoms with Gasteiger partial charge in [-0.25, -0.2) is 4.98 Å². The van der Waals surface area contributed by atoms with Crippen LogP contribution in [0.3, 0.4) is 0 Å². The topological polar surface area (TPSA) is 46.4 Å². The zero-order valence-corrected chi connectivity index (χ0v) is 17.4. The summed E-state index contributed by atoms with van der Waals surface area (Å²) in [6.45, 7) is 2.77. The van der Waals surface area contributed by atoms with Crippen LogP contribution in [-0.4, -0.2) is 9.38 Å². The molecule has 1 N–H and O–H groups in total. The van der Waals surface area contributed by atoms with Gasteiger partial charge in [-0.3, -0.25) is 14.5 Å². The second-order valence-electron chi connectivity index (χ2n) is 6.82. The molecule has 3 aromatic heterocycles.